The Labute approximate surface area is 195 Å². The molecule has 3 unspecified atom stereocenters. The molecule has 0 amide bonds. The molecule has 0 radical (unpaired) electrons. The van der Waals surface area contributed by atoms with E-state index in [1.807, 2.05) is 0 Å². The van der Waals surface area contributed by atoms with E-state index < -0.39 is 35.7 Å². The van der Waals surface area contributed by atoms with Crippen LogP contribution in [0.4, 0.5) is 0 Å². The van der Waals surface area contributed by atoms with Crippen molar-refractivity contribution in [3.63, 3.8) is 0 Å². The minimum absolute atomic E-state index is 0. The van der Waals surface area contributed by atoms with Crippen LogP contribution in [0.5, 0.6) is 0 Å². The van der Waals surface area contributed by atoms with Crippen LogP contribution in [0.1, 0.15) is 62.3 Å². The van der Waals surface area contributed by atoms with Crippen LogP contribution in [-0.2, 0) is 43.0 Å². The summed E-state index contributed by atoms with van der Waals surface area (Å²) in [5, 5.41) is 0. The van der Waals surface area contributed by atoms with Crippen LogP contribution < -0.4 is 0 Å². The van der Waals surface area contributed by atoms with Gasteiger partial charge in [0.2, 0.25) is 0 Å². The molecule has 0 saturated carbocycles. The number of hydrogen-bond acceptors (Lipinski definition) is 9. The first-order valence-electron chi connectivity index (χ1n) is 9.79. The normalized spacial score (nSPS) is 11.9. The Morgan fingerprint density at radius 1 is 0.516 bits per heavy atom. The highest BCUT2D eigenvalue weighted by molar-refractivity contribution is 5.98. The average molecular weight is 463 g/mol. The van der Waals surface area contributed by atoms with Crippen molar-refractivity contribution < 1.29 is 43.0 Å². The van der Waals surface area contributed by atoms with Gasteiger partial charge >= 0.3 is 17.9 Å². The second-order valence-corrected chi connectivity index (χ2v) is 6.25. The lowest BCUT2D eigenvalue weighted by molar-refractivity contribution is -0.151. The molecule has 0 heterocycles. The molecule has 0 rings (SSSR count). The third-order valence-electron chi connectivity index (χ3n) is 3.75. The zero-order chi connectivity index (χ0) is 24.4. The number of ketones is 3. The second-order valence-electron chi connectivity index (χ2n) is 6.25. The molecule has 0 fully saturated rings. The van der Waals surface area contributed by atoms with Crippen molar-refractivity contribution in [2.45, 2.75) is 62.3 Å². The van der Waals surface area contributed by atoms with Crippen molar-refractivity contribution in [2.24, 2.45) is 17.8 Å². The van der Waals surface area contributed by atoms with E-state index in [2.05, 4.69) is 14.2 Å². The van der Waals surface area contributed by atoms with Gasteiger partial charge in [0.1, 0.15) is 35.1 Å². The van der Waals surface area contributed by atoms with Gasteiger partial charge in [-0.2, -0.15) is 0 Å². The summed E-state index contributed by atoms with van der Waals surface area (Å²) in [6.07, 6.45) is 0. The lowest BCUT2D eigenvalue weighted by Crippen LogP contribution is -2.20. The number of carbonyl (C=O) groups is 6. The van der Waals surface area contributed by atoms with Crippen LogP contribution in [0.25, 0.3) is 0 Å². The molecule has 0 aromatic carbocycles. The largest absolute Gasteiger partial charge is 0.465 e. The molecule has 31 heavy (non-hydrogen) atoms. The summed E-state index contributed by atoms with van der Waals surface area (Å²) < 4.78 is 13.8. The first kappa shape index (κ1) is 36.3. The molecule has 0 aromatic rings. The molecular weight excluding hydrogens is 423 g/mol. The third kappa shape index (κ3) is 19.7. The van der Waals surface area contributed by atoms with E-state index in [0.29, 0.717) is 19.8 Å². The van der Waals surface area contributed by atoms with Crippen LogP contribution >= 0.6 is 0 Å². The summed E-state index contributed by atoms with van der Waals surface area (Å²) in [7, 11) is 0. The molecule has 0 aliphatic heterocycles. The Morgan fingerprint density at radius 2 is 0.677 bits per heavy atom. The Hall–Kier alpha value is -2.05. The van der Waals surface area contributed by atoms with E-state index in [9.17, 15) is 28.8 Å². The molecule has 0 N–H and O–H groups in total. The molecule has 0 aliphatic carbocycles. The zero-order valence-corrected chi connectivity index (χ0v) is 19.5. The van der Waals surface area contributed by atoms with E-state index in [1.54, 1.807) is 41.5 Å². The summed E-state index contributed by atoms with van der Waals surface area (Å²) in [5.74, 6) is -3.60. The van der Waals surface area contributed by atoms with Gasteiger partial charge in [-0.15, -0.1) is 0 Å². The van der Waals surface area contributed by atoms with Crippen molar-refractivity contribution in [1.82, 2.24) is 0 Å². The van der Waals surface area contributed by atoms with Crippen LogP contribution in [0.15, 0.2) is 0 Å². The predicted molar refractivity (Wildman–Crippen MR) is 119 cm³/mol. The maximum atomic E-state index is 10.7. The minimum Gasteiger partial charge on any atom is -0.465 e. The second kappa shape index (κ2) is 21.2. The summed E-state index contributed by atoms with van der Waals surface area (Å²) >= 11 is 0. The van der Waals surface area contributed by atoms with Gasteiger partial charge in [-0.1, -0.05) is 0 Å². The van der Waals surface area contributed by atoms with Gasteiger partial charge in [0.05, 0.1) is 19.8 Å². The number of ether oxygens (including phenoxy) is 3. The predicted octanol–water partition coefficient (Wildman–Crippen LogP) is 1.14. The van der Waals surface area contributed by atoms with E-state index in [0.717, 1.165) is 0 Å². The smallest absolute Gasteiger partial charge is 0.316 e. The fourth-order valence-corrected chi connectivity index (χ4v) is 1.30. The monoisotopic (exact) mass is 462 g/mol. The Kier molecular flexibility index (Phi) is 24.8. The fourth-order valence-electron chi connectivity index (χ4n) is 1.30. The summed E-state index contributed by atoms with van der Waals surface area (Å²) in [5.41, 5.74) is 0. The van der Waals surface area contributed by atoms with Crippen LogP contribution in [0.2, 0.25) is 0 Å². The number of carbonyl (C=O) groups excluding carboxylic acids is 6. The van der Waals surface area contributed by atoms with E-state index in [1.165, 1.54) is 20.8 Å². The third-order valence-corrected chi connectivity index (χ3v) is 3.75. The summed E-state index contributed by atoms with van der Waals surface area (Å²) in [4.78, 5) is 63.9. The average Bonchev–Trinajstić information content (AvgIpc) is 2.67. The molecular formula is C21H39AlO9. The van der Waals surface area contributed by atoms with Gasteiger partial charge in [-0.25, -0.2) is 0 Å². The number of Topliss-reactive ketones (excluding diaryl/α,β-unsaturated/α-hetero) is 3. The van der Waals surface area contributed by atoms with Gasteiger partial charge in [0.15, 0.2) is 17.4 Å². The van der Waals surface area contributed by atoms with Gasteiger partial charge in [0, 0.05) is 0 Å². The lowest BCUT2D eigenvalue weighted by Gasteiger charge is -2.04. The summed E-state index contributed by atoms with van der Waals surface area (Å²) in [6, 6.07) is 0. The number of rotatable bonds is 9. The van der Waals surface area contributed by atoms with Crippen LogP contribution in [-0.4, -0.2) is 72.4 Å². The van der Waals surface area contributed by atoms with Crippen molar-refractivity contribution in [1.29, 1.82) is 0 Å². The molecule has 0 aliphatic rings. The molecule has 0 bridgehead atoms. The van der Waals surface area contributed by atoms with Gasteiger partial charge < -0.3 is 14.2 Å². The topological polar surface area (TPSA) is 130 Å². The molecule has 3 atom stereocenters. The fraction of sp³-hybridized carbons (Fsp3) is 0.714. The molecule has 180 valence electrons. The minimum atomic E-state index is -0.611. The first-order chi connectivity index (χ1) is 13.8. The van der Waals surface area contributed by atoms with Crippen molar-refractivity contribution in [3.8, 4) is 0 Å². The van der Waals surface area contributed by atoms with Crippen molar-refractivity contribution in [2.75, 3.05) is 19.8 Å². The number of hydrogen-bond donors (Lipinski definition) is 0. The van der Waals surface area contributed by atoms with E-state index in [-0.39, 0.29) is 34.7 Å². The van der Waals surface area contributed by atoms with Gasteiger partial charge in [0.25, 0.3) is 0 Å². The SMILES string of the molecule is CCOC(=O)C(C)C(C)=O.CCOC(=O)C(C)C(C)=O.CCOC(=O)C(C)C(C)=O.[AlH3]. The van der Waals surface area contributed by atoms with Gasteiger partial charge in [-0.3, -0.25) is 28.8 Å². The van der Waals surface area contributed by atoms with Gasteiger partial charge in [-0.05, 0) is 62.3 Å². The maximum absolute atomic E-state index is 10.7. The van der Waals surface area contributed by atoms with Crippen molar-refractivity contribution in [3.05, 3.63) is 0 Å². The Bertz CT molecular complexity index is 507. The highest BCUT2D eigenvalue weighted by Crippen LogP contribution is 2.00. The Balaban J connectivity index is -0.000000174. The van der Waals surface area contributed by atoms with E-state index in [4.69, 9.17) is 0 Å². The zero-order valence-electron chi connectivity index (χ0n) is 19.5. The maximum Gasteiger partial charge on any atom is 0.316 e. The molecule has 10 heteroatoms. The molecule has 0 saturated heterocycles. The van der Waals surface area contributed by atoms with E-state index >= 15 is 0 Å². The van der Waals surface area contributed by atoms with Crippen LogP contribution in [0.3, 0.4) is 0 Å². The quantitative estimate of drug-likeness (QED) is 0.214. The Morgan fingerprint density at radius 3 is 0.774 bits per heavy atom. The standard InChI is InChI=1S/3C7H12O3.Al.3H/c3*1-4-10-7(9)5(2)6(3)8;;;;/h3*5H,4H2,1-3H3;;;;. The van der Waals surface area contributed by atoms with Crippen molar-refractivity contribution >= 4 is 52.6 Å². The number of esters is 3. The van der Waals surface area contributed by atoms with Crippen LogP contribution in [0, 0.1) is 17.8 Å². The molecule has 9 nitrogen and oxygen atoms in total. The molecule has 0 spiro atoms. The lowest BCUT2D eigenvalue weighted by atomic mass is 10.1. The highest BCUT2D eigenvalue weighted by atomic mass is 27.0. The summed E-state index contributed by atoms with van der Waals surface area (Å²) in [6.45, 7) is 14.9. The molecule has 0 aromatic heterocycles. The highest BCUT2D eigenvalue weighted by Gasteiger charge is 2.19. The first-order valence-corrected chi connectivity index (χ1v) is 9.79.